The van der Waals surface area contributed by atoms with Gasteiger partial charge in [0.15, 0.2) is 11.6 Å². The van der Waals surface area contributed by atoms with Gasteiger partial charge in [0.1, 0.15) is 12.4 Å². The molecule has 0 heterocycles. The van der Waals surface area contributed by atoms with Crippen LogP contribution in [0, 0.1) is 17.5 Å². The molecule has 0 aromatic heterocycles. The number of nitrogens with zero attached hydrogens (tertiary/aromatic N) is 1. The van der Waals surface area contributed by atoms with E-state index >= 15 is 0 Å². The Hall–Kier alpha value is -2.25. The van der Waals surface area contributed by atoms with Crippen LogP contribution in [-0.2, 0) is 4.79 Å². The lowest BCUT2D eigenvalue weighted by Crippen LogP contribution is -2.39. The van der Waals surface area contributed by atoms with Crippen molar-refractivity contribution in [2.45, 2.75) is 13.3 Å². The normalized spacial score (nSPS) is 10.2. The molecular weight excluding hydrogens is 277 g/mol. The third-order valence-corrected chi connectivity index (χ3v) is 2.36. The number of urea groups is 1. The summed E-state index contributed by atoms with van der Waals surface area (Å²) < 4.78 is 39.0. The van der Waals surface area contributed by atoms with Gasteiger partial charge >= 0.3 is 12.0 Å². The van der Waals surface area contributed by atoms with Crippen molar-refractivity contribution in [1.82, 2.24) is 4.90 Å². The highest BCUT2D eigenvalue weighted by Gasteiger charge is 2.18. The highest BCUT2D eigenvalue weighted by Crippen LogP contribution is 2.18. The molecule has 1 rings (SSSR count). The Morgan fingerprint density at radius 1 is 1.20 bits per heavy atom. The number of hydrogen-bond acceptors (Lipinski definition) is 2. The van der Waals surface area contributed by atoms with E-state index in [4.69, 9.17) is 5.11 Å². The summed E-state index contributed by atoms with van der Waals surface area (Å²) in [4.78, 5) is 23.3. The van der Waals surface area contributed by atoms with Crippen LogP contribution in [0.3, 0.4) is 0 Å². The highest BCUT2D eigenvalue weighted by atomic mass is 19.2. The average Bonchev–Trinajstić information content (AvgIpc) is 2.34. The molecule has 0 aliphatic carbocycles. The Balaban J connectivity index is 2.87. The first-order valence-electron chi connectivity index (χ1n) is 5.77. The molecule has 0 aliphatic heterocycles. The zero-order chi connectivity index (χ0) is 15.3. The molecular formula is C12H13F3N2O3. The lowest BCUT2D eigenvalue weighted by molar-refractivity contribution is -0.137. The van der Waals surface area contributed by atoms with Crippen molar-refractivity contribution < 1.29 is 27.9 Å². The topological polar surface area (TPSA) is 69.6 Å². The Morgan fingerprint density at radius 2 is 1.80 bits per heavy atom. The molecule has 1 aromatic rings. The zero-order valence-corrected chi connectivity index (χ0v) is 10.6. The Kier molecular flexibility index (Phi) is 5.36. The standard InChI is InChI=1S/C12H13F3N2O3/c1-2-3-17(6-11(18)19)12(20)16-10-5-8(14)7(13)4-9(10)15/h4-5H,2-3,6H2,1H3,(H,16,20)(H,18,19). The molecule has 0 saturated carbocycles. The van der Waals surface area contributed by atoms with E-state index in [1.54, 1.807) is 6.92 Å². The third kappa shape index (κ3) is 4.15. The molecule has 2 N–H and O–H groups in total. The van der Waals surface area contributed by atoms with Crippen LogP contribution in [0.4, 0.5) is 23.7 Å². The predicted octanol–water partition coefficient (Wildman–Crippen LogP) is 2.43. The minimum atomic E-state index is -1.38. The summed E-state index contributed by atoms with van der Waals surface area (Å²) in [7, 11) is 0. The minimum Gasteiger partial charge on any atom is -0.480 e. The molecule has 20 heavy (non-hydrogen) atoms. The fourth-order valence-corrected chi connectivity index (χ4v) is 1.50. The number of carboxylic acid groups (broad SMARTS) is 1. The van der Waals surface area contributed by atoms with E-state index in [0.29, 0.717) is 18.6 Å². The van der Waals surface area contributed by atoms with Crippen LogP contribution in [0.1, 0.15) is 13.3 Å². The quantitative estimate of drug-likeness (QED) is 0.818. The van der Waals surface area contributed by atoms with Gasteiger partial charge in [-0.3, -0.25) is 4.79 Å². The van der Waals surface area contributed by atoms with Gasteiger partial charge < -0.3 is 15.3 Å². The van der Waals surface area contributed by atoms with E-state index in [1.165, 1.54) is 0 Å². The molecule has 0 bridgehead atoms. The number of amides is 2. The molecule has 1 aromatic carbocycles. The van der Waals surface area contributed by atoms with Crippen LogP contribution in [0.5, 0.6) is 0 Å². The van der Waals surface area contributed by atoms with Crippen molar-refractivity contribution in [1.29, 1.82) is 0 Å². The van der Waals surface area contributed by atoms with Gasteiger partial charge in [0, 0.05) is 18.7 Å². The van der Waals surface area contributed by atoms with E-state index in [0.717, 1.165) is 4.90 Å². The summed E-state index contributed by atoms with van der Waals surface area (Å²) in [6, 6.07) is -0.112. The van der Waals surface area contributed by atoms with Gasteiger partial charge in [-0.1, -0.05) is 6.92 Å². The molecule has 0 unspecified atom stereocenters. The summed E-state index contributed by atoms with van der Waals surface area (Å²) in [6.45, 7) is 1.27. The maximum absolute atomic E-state index is 13.3. The Labute approximate surface area is 113 Å². The number of carbonyl (C=O) groups is 2. The lowest BCUT2D eigenvalue weighted by atomic mass is 10.3. The van der Waals surface area contributed by atoms with Gasteiger partial charge in [-0.05, 0) is 6.42 Å². The van der Waals surface area contributed by atoms with Crippen LogP contribution in [0.15, 0.2) is 12.1 Å². The number of carbonyl (C=O) groups excluding carboxylic acids is 1. The van der Waals surface area contributed by atoms with Gasteiger partial charge in [-0.2, -0.15) is 0 Å². The van der Waals surface area contributed by atoms with Gasteiger partial charge in [0.05, 0.1) is 5.69 Å². The molecule has 2 amide bonds. The van der Waals surface area contributed by atoms with E-state index in [1.807, 2.05) is 5.32 Å². The number of nitrogens with one attached hydrogen (secondary N) is 1. The summed E-state index contributed by atoms with van der Waals surface area (Å²) in [5, 5.41) is 10.7. The first-order chi connectivity index (χ1) is 9.35. The fraction of sp³-hybridized carbons (Fsp3) is 0.333. The molecule has 0 aliphatic rings. The predicted molar refractivity (Wildman–Crippen MR) is 64.8 cm³/mol. The van der Waals surface area contributed by atoms with Crippen molar-refractivity contribution in [2.75, 3.05) is 18.4 Å². The van der Waals surface area contributed by atoms with Gasteiger partial charge in [-0.25, -0.2) is 18.0 Å². The second-order valence-corrected chi connectivity index (χ2v) is 3.99. The maximum atomic E-state index is 13.3. The van der Waals surface area contributed by atoms with Crippen molar-refractivity contribution in [2.24, 2.45) is 0 Å². The van der Waals surface area contributed by atoms with Crippen molar-refractivity contribution in [3.05, 3.63) is 29.6 Å². The molecule has 5 nitrogen and oxygen atoms in total. The van der Waals surface area contributed by atoms with E-state index in [2.05, 4.69) is 0 Å². The van der Waals surface area contributed by atoms with Crippen LogP contribution < -0.4 is 5.32 Å². The number of anilines is 1. The fourth-order valence-electron chi connectivity index (χ4n) is 1.50. The number of halogens is 3. The van der Waals surface area contributed by atoms with E-state index in [9.17, 15) is 22.8 Å². The van der Waals surface area contributed by atoms with Crippen LogP contribution in [0.2, 0.25) is 0 Å². The van der Waals surface area contributed by atoms with Crippen LogP contribution in [-0.4, -0.2) is 35.1 Å². The molecule has 0 fully saturated rings. The van der Waals surface area contributed by atoms with E-state index in [-0.39, 0.29) is 6.54 Å². The number of carboxylic acids is 1. The smallest absolute Gasteiger partial charge is 0.323 e. The average molecular weight is 290 g/mol. The molecule has 8 heteroatoms. The minimum absolute atomic E-state index is 0.128. The summed E-state index contributed by atoms with van der Waals surface area (Å²) >= 11 is 0. The first kappa shape index (κ1) is 15.8. The monoisotopic (exact) mass is 290 g/mol. The number of benzene rings is 1. The largest absolute Gasteiger partial charge is 0.480 e. The van der Waals surface area contributed by atoms with Gasteiger partial charge in [0.25, 0.3) is 0 Å². The molecule has 0 radical (unpaired) electrons. The summed E-state index contributed by atoms with van der Waals surface area (Å²) in [5.74, 6) is -5.08. The molecule has 110 valence electrons. The Morgan fingerprint density at radius 3 is 2.35 bits per heavy atom. The summed E-state index contributed by atoms with van der Waals surface area (Å²) in [5.41, 5.74) is -0.555. The second kappa shape index (κ2) is 6.78. The zero-order valence-electron chi connectivity index (χ0n) is 10.6. The third-order valence-electron chi connectivity index (χ3n) is 2.36. The number of aliphatic carboxylic acids is 1. The van der Waals surface area contributed by atoms with Crippen molar-refractivity contribution >= 4 is 17.7 Å². The summed E-state index contributed by atoms with van der Waals surface area (Å²) in [6.07, 6.45) is 0.487. The number of hydrogen-bond donors (Lipinski definition) is 2. The van der Waals surface area contributed by atoms with Gasteiger partial charge in [0.2, 0.25) is 0 Å². The van der Waals surface area contributed by atoms with Crippen LogP contribution in [0.25, 0.3) is 0 Å². The lowest BCUT2D eigenvalue weighted by Gasteiger charge is -2.20. The van der Waals surface area contributed by atoms with Gasteiger partial charge in [-0.15, -0.1) is 0 Å². The second-order valence-electron chi connectivity index (χ2n) is 3.99. The van der Waals surface area contributed by atoms with Crippen molar-refractivity contribution in [3.63, 3.8) is 0 Å². The number of rotatable bonds is 5. The maximum Gasteiger partial charge on any atom is 0.323 e. The molecule has 0 atom stereocenters. The molecule has 0 saturated heterocycles. The van der Waals surface area contributed by atoms with Crippen molar-refractivity contribution in [3.8, 4) is 0 Å². The van der Waals surface area contributed by atoms with Crippen LogP contribution >= 0.6 is 0 Å². The SMILES string of the molecule is CCCN(CC(=O)O)C(=O)Nc1cc(F)c(F)cc1F. The molecule has 0 spiro atoms. The van der Waals surface area contributed by atoms with E-state index < -0.39 is 41.7 Å². The Bertz CT molecular complexity index is 523. The first-order valence-corrected chi connectivity index (χ1v) is 5.77. The highest BCUT2D eigenvalue weighted by molar-refractivity contribution is 5.91.